The molecule has 0 radical (unpaired) electrons. The van der Waals surface area contributed by atoms with E-state index in [9.17, 15) is 9.90 Å². The van der Waals surface area contributed by atoms with Gasteiger partial charge < -0.3 is 10.0 Å². The van der Waals surface area contributed by atoms with E-state index in [0.717, 1.165) is 12.0 Å². The van der Waals surface area contributed by atoms with Crippen molar-refractivity contribution < 1.29 is 9.90 Å². The minimum Gasteiger partial charge on any atom is -0.388 e. The lowest BCUT2D eigenvalue weighted by molar-refractivity contribution is -0.134. The first kappa shape index (κ1) is 14.1. The predicted molar refractivity (Wildman–Crippen MR) is 75.5 cm³/mol. The zero-order valence-corrected chi connectivity index (χ0v) is 11.8. The van der Waals surface area contributed by atoms with E-state index in [1.165, 1.54) is 0 Å². The summed E-state index contributed by atoms with van der Waals surface area (Å²) in [7, 11) is 0. The van der Waals surface area contributed by atoms with Crippen molar-refractivity contribution in [3.63, 3.8) is 0 Å². The van der Waals surface area contributed by atoms with Crippen LogP contribution in [-0.4, -0.2) is 27.6 Å². The molecular weight excluding hydrogens is 238 g/mol. The molecule has 2 rings (SSSR count). The number of nitrogens with zero attached hydrogens (tertiary/aromatic N) is 1. The van der Waals surface area contributed by atoms with Crippen LogP contribution in [0.25, 0.3) is 0 Å². The van der Waals surface area contributed by atoms with Gasteiger partial charge in [0.15, 0.2) is 0 Å². The Morgan fingerprint density at radius 2 is 1.89 bits per heavy atom. The first-order valence-corrected chi connectivity index (χ1v) is 7.16. The Morgan fingerprint density at radius 1 is 1.26 bits per heavy atom. The third-order valence-corrected chi connectivity index (χ3v) is 4.37. The standard InChI is InChI=1S/C16H23NO2/c1-3-16(19,4-2)14-10-11-15(18)17(14)12-13-8-6-5-7-9-13/h5-9,14,19H,3-4,10-12H2,1-2H3/t14-/m0/s1. The molecule has 1 aliphatic rings. The van der Waals surface area contributed by atoms with Crippen LogP contribution in [0, 0.1) is 0 Å². The van der Waals surface area contributed by atoms with Crippen LogP contribution < -0.4 is 0 Å². The molecule has 3 nitrogen and oxygen atoms in total. The normalized spacial score (nSPS) is 20.1. The third kappa shape index (κ3) is 2.81. The minimum atomic E-state index is -0.749. The van der Waals surface area contributed by atoms with Crippen molar-refractivity contribution in [2.75, 3.05) is 0 Å². The van der Waals surface area contributed by atoms with Gasteiger partial charge in [0.1, 0.15) is 0 Å². The molecule has 1 heterocycles. The van der Waals surface area contributed by atoms with Gasteiger partial charge in [-0.15, -0.1) is 0 Å². The zero-order chi connectivity index (χ0) is 13.9. The monoisotopic (exact) mass is 261 g/mol. The third-order valence-electron chi connectivity index (χ3n) is 4.37. The topological polar surface area (TPSA) is 40.5 Å². The van der Waals surface area contributed by atoms with Crippen molar-refractivity contribution in [1.82, 2.24) is 4.90 Å². The van der Waals surface area contributed by atoms with Crippen LogP contribution in [0.15, 0.2) is 30.3 Å². The van der Waals surface area contributed by atoms with E-state index in [0.29, 0.717) is 25.8 Å². The predicted octanol–water partition coefficient (Wildman–Crippen LogP) is 2.73. The first-order chi connectivity index (χ1) is 9.10. The molecule has 1 aromatic rings. The molecule has 0 aromatic heterocycles. The summed E-state index contributed by atoms with van der Waals surface area (Å²) in [6, 6.07) is 9.95. The van der Waals surface area contributed by atoms with Crippen molar-refractivity contribution >= 4 is 5.91 Å². The molecule has 1 aromatic carbocycles. The van der Waals surface area contributed by atoms with Crippen LogP contribution in [0.2, 0.25) is 0 Å². The largest absolute Gasteiger partial charge is 0.388 e. The summed E-state index contributed by atoms with van der Waals surface area (Å²) < 4.78 is 0. The lowest BCUT2D eigenvalue weighted by Gasteiger charge is -2.38. The highest BCUT2D eigenvalue weighted by molar-refractivity contribution is 5.79. The second-order valence-corrected chi connectivity index (χ2v) is 5.37. The zero-order valence-electron chi connectivity index (χ0n) is 11.8. The number of carbonyl (C=O) groups is 1. The first-order valence-electron chi connectivity index (χ1n) is 7.16. The summed E-state index contributed by atoms with van der Waals surface area (Å²) in [5.74, 6) is 0.161. The number of benzene rings is 1. The highest BCUT2D eigenvalue weighted by Crippen LogP contribution is 2.33. The molecule has 104 valence electrons. The summed E-state index contributed by atoms with van der Waals surface area (Å²) >= 11 is 0. The smallest absolute Gasteiger partial charge is 0.223 e. The van der Waals surface area contributed by atoms with Crippen molar-refractivity contribution in [2.45, 2.75) is 57.7 Å². The molecule has 0 saturated carbocycles. The van der Waals surface area contributed by atoms with Crippen LogP contribution in [0.4, 0.5) is 0 Å². The van der Waals surface area contributed by atoms with Crippen LogP contribution >= 0.6 is 0 Å². The Morgan fingerprint density at radius 3 is 2.47 bits per heavy atom. The maximum absolute atomic E-state index is 12.1. The van der Waals surface area contributed by atoms with Gasteiger partial charge in [-0.25, -0.2) is 0 Å². The van der Waals surface area contributed by atoms with Crippen LogP contribution in [0.1, 0.15) is 45.1 Å². The van der Waals surface area contributed by atoms with Crippen LogP contribution in [0.5, 0.6) is 0 Å². The molecule has 1 aliphatic heterocycles. The Labute approximate surface area is 115 Å². The molecule has 1 fully saturated rings. The Bertz CT molecular complexity index is 426. The lowest BCUT2D eigenvalue weighted by Crippen LogP contribution is -2.49. The van der Waals surface area contributed by atoms with E-state index in [1.807, 2.05) is 49.1 Å². The highest BCUT2D eigenvalue weighted by Gasteiger charge is 2.43. The second kappa shape index (κ2) is 5.74. The van der Waals surface area contributed by atoms with Gasteiger partial charge in [-0.2, -0.15) is 0 Å². The molecule has 1 amide bonds. The quantitative estimate of drug-likeness (QED) is 0.885. The summed E-state index contributed by atoms with van der Waals surface area (Å²) in [4.78, 5) is 13.9. The molecule has 3 heteroatoms. The number of carbonyl (C=O) groups excluding carboxylic acids is 1. The van der Waals surface area contributed by atoms with E-state index in [-0.39, 0.29) is 11.9 Å². The average molecular weight is 261 g/mol. The van der Waals surface area contributed by atoms with Gasteiger partial charge in [-0.3, -0.25) is 4.79 Å². The van der Waals surface area contributed by atoms with Gasteiger partial charge >= 0.3 is 0 Å². The molecule has 0 spiro atoms. The van der Waals surface area contributed by atoms with Gasteiger partial charge in [0.05, 0.1) is 11.6 Å². The number of rotatable bonds is 5. The number of aliphatic hydroxyl groups is 1. The number of hydrogen-bond donors (Lipinski definition) is 1. The summed E-state index contributed by atoms with van der Waals surface area (Å²) in [5, 5.41) is 10.7. The SMILES string of the molecule is CCC(O)(CC)[C@@H]1CCC(=O)N1Cc1ccccc1. The summed E-state index contributed by atoms with van der Waals surface area (Å²) in [5.41, 5.74) is 0.373. The van der Waals surface area contributed by atoms with E-state index in [1.54, 1.807) is 0 Å². The summed E-state index contributed by atoms with van der Waals surface area (Å²) in [6.45, 7) is 4.59. The Kier molecular flexibility index (Phi) is 4.25. The van der Waals surface area contributed by atoms with Gasteiger partial charge in [0.25, 0.3) is 0 Å². The van der Waals surface area contributed by atoms with Crippen LogP contribution in [-0.2, 0) is 11.3 Å². The number of hydrogen-bond acceptors (Lipinski definition) is 2. The van der Waals surface area contributed by atoms with Gasteiger partial charge in [0.2, 0.25) is 5.91 Å². The minimum absolute atomic E-state index is 0.0461. The van der Waals surface area contributed by atoms with Crippen molar-refractivity contribution in [3.8, 4) is 0 Å². The second-order valence-electron chi connectivity index (χ2n) is 5.37. The number of amides is 1. The molecule has 0 aliphatic carbocycles. The lowest BCUT2D eigenvalue weighted by atomic mass is 9.87. The highest BCUT2D eigenvalue weighted by atomic mass is 16.3. The van der Waals surface area contributed by atoms with Crippen molar-refractivity contribution in [3.05, 3.63) is 35.9 Å². The van der Waals surface area contributed by atoms with Gasteiger partial charge in [-0.05, 0) is 24.8 Å². The van der Waals surface area contributed by atoms with E-state index >= 15 is 0 Å². The number of likely N-dealkylation sites (tertiary alicyclic amines) is 1. The van der Waals surface area contributed by atoms with Gasteiger partial charge in [-0.1, -0.05) is 44.2 Å². The molecule has 0 unspecified atom stereocenters. The fourth-order valence-corrected chi connectivity index (χ4v) is 2.99. The van der Waals surface area contributed by atoms with E-state index < -0.39 is 5.60 Å². The van der Waals surface area contributed by atoms with Crippen LogP contribution in [0.3, 0.4) is 0 Å². The molecular formula is C16H23NO2. The van der Waals surface area contributed by atoms with E-state index in [4.69, 9.17) is 0 Å². The average Bonchev–Trinajstić information content (AvgIpc) is 2.81. The maximum atomic E-state index is 12.1. The Hall–Kier alpha value is -1.35. The maximum Gasteiger partial charge on any atom is 0.223 e. The molecule has 1 N–H and O–H groups in total. The van der Waals surface area contributed by atoms with Gasteiger partial charge in [0, 0.05) is 13.0 Å². The fourth-order valence-electron chi connectivity index (χ4n) is 2.99. The molecule has 0 bridgehead atoms. The van der Waals surface area contributed by atoms with Crippen molar-refractivity contribution in [1.29, 1.82) is 0 Å². The van der Waals surface area contributed by atoms with E-state index in [2.05, 4.69) is 0 Å². The molecule has 1 saturated heterocycles. The molecule has 19 heavy (non-hydrogen) atoms. The van der Waals surface area contributed by atoms with Crippen molar-refractivity contribution in [2.24, 2.45) is 0 Å². The fraction of sp³-hybridized carbons (Fsp3) is 0.562. The Balaban J connectivity index is 2.18. The molecule has 1 atom stereocenters. The summed E-state index contributed by atoms with van der Waals surface area (Å²) in [6.07, 6.45) is 2.70.